The number of Topliss-reactive ketones (excluding diaryl/α,β-unsaturated/α-hetero) is 1. The van der Waals surface area contributed by atoms with Crippen LogP contribution < -0.4 is 0 Å². The summed E-state index contributed by atoms with van der Waals surface area (Å²) in [5, 5.41) is 8.68. The second kappa shape index (κ2) is 6.65. The van der Waals surface area contributed by atoms with Crippen LogP contribution in [0.5, 0.6) is 0 Å². The number of carbonyl (C=O) groups excluding carboxylic acids is 1. The van der Waals surface area contributed by atoms with Gasteiger partial charge in [-0.3, -0.25) is 4.79 Å². The predicted molar refractivity (Wildman–Crippen MR) is 90.7 cm³/mol. The molecule has 2 aromatic rings. The Bertz CT molecular complexity index is 691. The lowest BCUT2D eigenvalue weighted by Gasteiger charge is -2.15. The molecule has 1 aromatic heterocycles. The maximum atomic E-state index is 12.8. The summed E-state index contributed by atoms with van der Waals surface area (Å²) in [5.74, 6) is 0.143. The van der Waals surface area contributed by atoms with Gasteiger partial charge in [0.15, 0.2) is 10.9 Å². The monoisotopic (exact) mass is 317 g/mol. The van der Waals surface area contributed by atoms with E-state index < -0.39 is 0 Å². The molecule has 1 atom stereocenters. The summed E-state index contributed by atoms with van der Waals surface area (Å²) in [7, 11) is 0. The normalized spacial score (nSPS) is 12.7. The van der Waals surface area contributed by atoms with Gasteiger partial charge in [-0.25, -0.2) is 0 Å². The topological polar surface area (TPSA) is 47.8 Å². The molecule has 5 heteroatoms. The molecule has 1 heterocycles. The van der Waals surface area contributed by atoms with Gasteiger partial charge in [-0.15, -0.1) is 10.2 Å². The number of carbonyl (C=O) groups is 1. The van der Waals surface area contributed by atoms with Gasteiger partial charge in [0.1, 0.15) is 6.33 Å². The molecule has 1 unspecified atom stereocenters. The SMILES string of the molecule is Cc1cc(C)c(C(=O)C(C)Sc2nncn2C(C)C)cc1C. The number of ketones is 1. The lowest BCUT2D eigenvalue weighted by Crippen LogP contribution is -2.16. The molecule has 0 amide bonds. The predicted octanol–water partition coefficient (Wildman–Crippen LogP) is 4.15. The molecule has 0 saturated heterocycles. The number of hydrogen-bond donors (Lipinski definition) is 0. The van der Waals surface area contributed by atoms with Gasteiger partial charge in [0.2, 0.25) is 0 Å². The maximum absolute atomic E-state index is 12.8. The molecule has 0 saturated carbocycles. The van der Waals surface area contributed by atoms with Crippen molar-refractivity contribution in [2.24, 2.45) is 0 Å². The number of thioether (sulfide) groups is 1. The number of aryl methyl sites for hydroxylation is 3. The lowest BCUT2D eigenvalue weighted by molar-refractivity contribution is 0.0993. The fraction of sp³-hybridized carbons (Fsp3) is 0.471. The standard InChI is InChI=1S/C17H23N3OS/c1-10(2)20-9-18-19-17(20)22-14(6)16(21)15-8-12(4)11(3)7-13(15)5/h7-10,14H,1-6H3. The van der Waals surface area contributed by atoms with Crippen LogP contribution in [0.25, 0.3) is 0 Å². The molecule has 0 radical (unpaired) electrons. The Morgan fingerprint density at radius 2 is 1.73 bits per heavy atom. The van der Waals surface area contributed by atoms with Crippen LogP contribution in [0.4, 0.5) is 0 Å². The molecule has 0 aliphatic heterocycles. The average molecular weight is 317 g/mol. The fourth-order valence-electron chi connectivity index (χ4n) is 2.33. The van der Waals surface area contributed by atoms with E-state index in [1.807, 2.05) is 31.4 Å². The molecule has 0 bridgehead atoms. The van der Waals surface area contributed by atoms with E-state index in [4.69, 9.17) is 0 Å². The third kappa shape index (κ3) is 3.40. The molecule has 0 aliphatic carbocycles. The molecule has 0 N–H and O–H groups in total. The van der Waals surface area contributed by atoms with Crippen LogP contribution in [0, 0.1) is 20.8 Å². The molecule has 0 fully saturated rings. The van der Waals surface area contributed by atoms with Gasteiger partial charge in [-0.05, 0) is 64.3 Å². The first-order valence-corrected chi connectivity index (χ1v) is 8.37. The highest BCUT2D eigenvalue weighted by atomic mass is 32.2. The summed E-state index contributed by atoms with van der Waals surface area (Å²) in [6.45, 7) is 12.2. The van der Waals surface area contributed by atoms with Gasteiger partial charge >= 0.3 is 0 Å². The zero-order valence-corrected chi connectivity index (χ0v) is 14.9. The van der Waals surface area contributed by atoms with Crippen LogP contribution in [0.2, 0.25) is 0 Å². The van der Waals surface area contributed by atoms with E-state index in [2.05, 4.69) is 37.0 Å². The van der Waals surface area contributed by atoms with Crippen molar-refractivity contribution < 1.29 is 4.79 Å². The summed E-state index contributed by atoms with van der Waals surface area (Å²) in [5.41, 5.74) is 4.20. The van der Waals surface area contributed by atoms with Gasteiger partial charge < -0.3 is 4.57 Å². The highest BCUT2D eigenvalue weighted by Gasteiger charge is 2.21. The van der Waals surface area contributed by atoms with Crippen molar-refractivity contribution in [3.8, 4) is 0 Å². The Labute approximate surface area is 136 Å². The van der Waals surface area contributed by atoms with E-state index in [1.54, 1.807) is 6.33 Å². The Morgan fingerprint density at radius 1 is 1.09 bits per heavy atom. The van der Waals surface area contributed by atoms with Crippen molar-refractivity contribution in [3.63, 3.8) is 0 Å². The van der Waals surface area contributed by atoms with Crippen molar-refractivity contribution in [2.75, 3.05) is 0 Å². The number of nitrogens with zero attached hydrogens (tertiary/aromatic N) is 3. The third-order valence-corrected chi connectivity index (χ3v) is 4.93. The molecule has 118 valence electrons. The third-order valence-electron chi connectivity index (χ3n) is 3.85. The molecule has 0 spiro atoms. The van der Waals surface area contributed by atoms with Gasteiger partial charge in [0, 0.05) is 11.6 Å². The first-order chi connectivity index (χ1) is 10.3. The molecular formula is C17H23N3OS. The van der Waals surface area contributed by atoms with Gasteiger partial charge in [0.25, 0.3) is 0 Å². The largest absolute Gasteiger partial charge is 0.306 e. The zero-order chi connectivity index (χ0) is 16.4. The number of aromatic nitrogens is 3. The van der Waals surface area contributed by atoms with E-state index in [1.165, 1.54) is 17.3 Å². The molecule has 22 heavy (non-hydrogen) atoms. The Hall–Kier alpha value is -1.62. The van der Waals surface area contributed by atoms with E-state index in [0.717, 1.165) is 21.8 Å². The highest BCUT2D eigenvalue weighted by Crippen LogP contribution is 2.27. The van der Waals surface area contributed by atoms with E-state index in [-0.39, 0.29) is 17.1 Å². The Kier molecular flexibility index (Phi) is 5.06. The van der Waals surface area contributed by atoms with Crippen LogP contribution in [0.1, 0.15) is 53.9 Å². The fourth-order valence-corrected chi connectivity index (χ4v) is 3.35. The number of benzene rings is 1. The molecule has 1 aromatic carbocycles. The summed E-state index contributed by atoms with van der Waals surface area (Å²) >= 11 is 1.47. The van der Waals surface area contributed by atoms with Crippen LogP contribution in [-0.4, -0.2) is 25.8 Å². The van der Waals surface area contributed by atoms with Crippen LogP contribution in [-0.2, 0) is 0 Å². The lowest BCUT2D eigenvalue weighted by atomic mass is 9.97. The van der Waals surface area contributed by atoms with Crippen molar-refractivity contribution in [2.45, 2.75) is 58.0 Å². The summed E-state index contributed by atoms with van der Waals surface area (Å²) in [4.78, 5) is 12.8. The van der Waals surface area contributed by atoms with Crippen molar-refractivity contribution in [1.29, 1.82) is 0 Å². The van der Waals surface area contributed by atoms with Gasteiger partial charge in [-0.1, -0.05) is 17.8 Å². The molecular weight excluding hydrogens is 294 g/mol. The van der Waals surface area contributed by atoms with Crippen molar-refractivity contribution >= 4 is 17.5 Å². The van der Waals surface area contributed by atoms with E-state index >= 15 is 0 Å². The second-order valence-corrected chi connectivity index (χ2v) is 7.30. The minimum absolute atomic E-state index is 0.143. The van der Waals surface area contributed by atoms with Crippen molar-refractivity contribution in [1.82, 2.24) is 14.8 Å². The van der Waals surface area contributed by atoms with Crippen molar-refractivity contribution in [3.05, 3.63) is 40.7 Å². The smallest absolute Gasteiger partial charge is 0.191 e. The first kappa shape index (κ1) is 16.7. The molecule has 4 nitrogen and oxygen atoms in total. The number of rotatable bonds is 5. The van der Waals surface area contributed by atoms with Gasteiger partial charge in [-0.2, -0.15) is 0 Å². The van der Waals surface area contributed by atoms with Gasteiger partial charge in [0.05, 0.1) is 5.25 Å². The minimum Gasteiger partial charge on any atom is -0.306 e. The minimum atomic E-state index is -0.192. The van der Waals surface area contributed by atoms with Crippen LogP contribution in [0.15, 0.2) is 23.6 Å². The maximum Gasteiger partial charge on any atom is 0.191 e. The summed E-state index contributed by atoms with van der Waals surface area (Å²) < 4.78 is 1.99. The Morgan fingerprint density at radius 3 is 2.36 bits per heavy atom. The summed E-state index contributed by atoms with van der Waals surface area (Å²) in [6, 6.07) is 4.36. The first-order valence-electron chi connectivity index (χ1n) is 7.49. The molecule has 0 aliphatic rings. The second-order valence-electron chi connectivity index (χ2n) is 5.99. The molecule has 2 rings (SSSR count). The average Bonchev–Trinajstić information content (AvgIpc) is 2.90. The summed E-state index contributed by atoms with van der Waals surface area (Å²) in [6.07, 6.45) is 1.71. The zero-order valence-electron chi connectivity index (χ0n) is 14.0. The quantitative estimate of drug-likeness (QED) is 0.614. The van der Waals surface area contributed by atoms with Crippen LogP contribution in [0.3, 0.4) is 0 Å². The van der Waals surface area contributed by atoms with E-state index in [0.29, 0.717) is 0 Å². The Balaban J connectivity index is 2.23. The van der Waals surface area contributed by atoms with E-state index in [9.17, 15) is 4.79 Å². The van der Waals surface area contributed by atoms with Crippen LogP contribution >= 0.6 is 11.8 Å². The highest BCUT2D eigenvalue weighted by molar-refractivity contribution is 8.00. The number of hydrogen-bond acceptors (Lipinski definition) is 4.